The van der Waals surface area contributed by atoms with E-state index in [0.717, 1.165) is 22.0 Å². The fourth-order valence-electron chi connectivity index (χ4n) is 3.86. The molecular formula is C25H34N2O5S2. The number of amides is 1. The van der Waals surface area contributed by atoms with Crippen molar-refractivity contribution >= 4 is 33.4 Å². The molecule has 0 radical (unpaired) electrons. The van der Waals surface area contributed by atoms with Gasteiger partial charge in [-0.1, -0.05) is 12.8 Å². The van der Waals surface area contributed by atoms with Gasteiger partial charge in [0.05, 0.1) is 23.3 Å². The van der Waals surface area contributed by atoms with Crippen LogP contribution in [-0.2, 0) is 19.6 Å². The minimum absolute atomic E-state index is 0.136. The predicted octanol–water partition coefficient (Wildman–Crippen LogP) is 4.47. The highest BCUT2D eigenvalue weighted by Crippen LogP contribution is 2.27. The molecule has 1 saturated carbocycles. The van der Waals surface area contributed by atoms with E-state index in [1.54, 1.807) is 48.5 Å². The van der Waals surface area contributed by atoms with E-state index in [2.05, 4.69) is 5.32 Å². The Balaban J connectivity index is 1.68. The molecule has 7 nitrogen and oxygen atoms in total. The van der Waals surface area contributed by atoms with E-state index in [1.807, 2.05) is 13.2 Å². The van der Waals surface area contributed by atoms with Crippen LogP contribution in [0.4, 0.5) is 5.69 Å². The molecular weight excluding hydrogens is 472 g/mol. The molecule has 1 amide bonds. The van der Waals surface area contributed by atoms with Crippen LogP contribution in [0.25, 0.3) is 0 Å². The van der Waals surface area contributed by atoms with Crippen LogP contribution in [0.5, 0.6) is 5.75 Å². The van der Waals surface area contributed by atoms with Crippen LogP contribution in [0.3, 0.4) is 0 Å². The summed E-state index contributed by atoms with van der Waals surface area (Å²) in [4.78, 5) is 13.8. The molecule has 3 rings (SSSR count). The number of carbonyl (C=O) groups is 1. The van der Waals surface area contributed by atoms with Crippen molar-refractivity contribution in [2.75, 3.05) is 36.9 Å². The fraction of sp³-hybridized carbons (Fsp3) is 0.480. The molecule has 186 valence electrons. The number of hydrogen-bond donors (Lipinski definition) is 1. The van der Waals surface area contributed by atoms with Crippen molar-refractivity contribution in [1.29, 1.82) is 0 Å². The summed E-state index contributed by atoms with van der Waals surface area (Å²) in [5, 5.41) is 2.83. The Morgan fingerprint density at radius 2 is 1.76 bits per heavy atom. The summed E-state index contributed by atoms with van der Waals surface area (Å²) in [5.74, 6) is 0.277. The molecule has 9 heteroatoms. The van der Waals surface area contributed by atoms with E-state index in [4.69, 9.17) is 9.47 Å². The molecule has 2 aromatic rings. The summed E-state index contributed by atoms with van der Waals surface area (Å²) in [6.45, 7) is 3.10. The van der Waals surface area contributed by atoms with Crippen LogP contribution in [0.15, 0.2) is 58.3 Å². The maximum absolute atomic E-state index is 13.5. The van der Waals surface area contributed by atoms with Crippen LogP contribution in [0.2, 0.25) is 0 Å². The summed E-state index contributed by atoms with van der Waals surface area (Å²) in [5.41, 5.74) is 0.400. The lowest BCUT2D eigenvalue weighted by atomic mass is 10.3. The van der Waals surface area contributed by atoms with Gasteiger partial charge in [0, 0.05) is 18.0 Å². The number of benzene rings is 2. The van der Waals surface area contributed by atoms with Crippen LogP contribution >= 0.6 is 11.8 Å². The Morgan fingerprint density at radius 1 is 1.09 bits per heavy atom. The van der Waals surface area contributed by atoms with Gasteiger partial charge in [0.15, 0.2) is 0 Å². The first kappa shape index (κ1) is 26.4. The molecule has 0 aromatic heterocycles. The van der Waals surface area contributed by atoms with Gasteiger partial charge in [-0.05, 0) is 81.0 Å². The first-order valence-corrected chi connectivity index (χ1v) is 14.4. The predicted molar refractivity (Wildman–Crippen MR) is 136 cm³/mol. The smallest absolute Gasteiger partial charge is 0.264 e. The largest absolute Gasteiger partial charge is 0.494 e. The van der Waals surface area contributed by atoms with Crippen molar-refractivity contribution in [3.8, 4) is 5.75 Å². The standard InChI is InChI=1S/C25H34N2O5S2/c1-3-31-22-11-9-20(10-12-22)27(34(29,30)24-15-13-23(33-2)14-16-24)19-25(28)26-17-6-18-32-21-7-4-5-8-21/h9-16,21H,3-8,17-19H2,1-2H3,(H,26,28). The third-order valence-corrected chi connectivity index (χ3v) is 8.20. The van der Waals surface area contributed by atoms with E-state index < -0.39 is 10.0 Å². The third-order valence-electron chi connectivity index (χ3n) is 5.67. The first-order valence-electron chi connectivity index (χ1n) is 11.7. The number of hydrogen-bond acceptors (Lipinski definition) is 6. The minimum atomic E-state index is -3.95. The second-order valence-electron chi connectivity index (χ2n) is 8.09. The molecule has 0 bridgehead atoms. The van der Waals surface area contributed by atoms with Crippen molar-refractivity contribution in [2.24, 2.45) is 0 Å². The van der Waals surface area contributed by atoms with Gasteiger partial charge >= 0.3 is 0 Å². The lowest BCUT2D eigenvalue weighted by Crippen LogP contribution is -2.41. The molecule has 34 heavy (non-hydrogen) atoms. The van der Waals surface area contributed by atoms with Gasteiger partial charge < -0.3 is 14.8 Å². The van der Waals surface area contributed by atoms with Gasteiger partial charge in [-0.3, -0.25) is 9.10 Å². The summed E-state index contributed by atoms with van der Waals surface area (Å²) < 4.78 is 39.4. The number of thioether (sulfide) groups is 1. The monoisotopic (exact) mass is 506 g/mol. The Labute approximate surface area is 207 Å². The second kappa shape index (κ2) is 13.0. The Bertz CT molecular complexity index is 1000. The second-order valence-corrected chi connectivity index (χ2v) is 10.8. The van der Waals surface area contributed by atoms with Crippen molar-refractivity contribution in [2.45, 2.75) is 54.9 Å². The molecule has 2 aromatic carbocycles. The van der Waals surface area contributed by atoms with Gasteiger partial charge in [0.25, 0.3) is 10.0 Å². The van der Waals surface area contributed by atoms with E-state index >= 15 is 0 Å². The van der Waals surface area contributed by atoms with Crippen LogP contribution < -0.4 is 14.4 Å². The van der Waals surface area contributed by atoms with E-state index in [9.17, 15) is 13.2 Å². The topological polar surface area (TPSA) is 84.9 Å². The lowest BCUT2D eigenvalue weighted by Gasteiger charge is -2.24. The van der Waals surface area contributed by atoms with Crippen LogP contribution in [0.1, 0.15) is 39.0 Å². The maximum Gasteiger partial charge on any atom is 0.264 e. The summed E-state index contributed by atoms with van der Waals surface area (Å²) in [7, 11) is -3.95. The van der Waals surface area contributed by atoms with Crippen LogP contribution in [0, 0.1) is 0 Å². The quantitative estimate of drug-likeness (QED) is 0.319. The normalized spacial score (nSPS) is 14.2. The lowest BCUT2D eigenvalue weighted by molar-refractivity contribution is -0.119. The molecule has 0 heterocycles. The number of sulfonamides is 1. The Kier molecular flexibility index (Phi) is 10.1. The van der Waals surface area contributed by atoms with E-state index in [-0.39, 0.29) is 17.3 Å². The number of anilines is 1. The van der Waals surface area contributed by atoms with Gasteiger partial charge in [0.1, 0.15) is 12.3 Å². The molecule has 0 aliphatic heterocycles. The maximum atomic E-state index is 13.5. The Hall–Kier alpha value is -2.23. The van der Waals surface area contributed by atoms with Gasteiger partial charge in [-0.25, -0.2) is 8.42 Å². The van der Waals surface area contributed by atoms with Crippen molar-refractivity contribution in [3.05, 3.63) is 48.5 Å². The zero-order valence-electron chi connectivity index (χ0n) is 19.9. The molecule has 1 fully saturated rings. The molecule has 0 spiro atoms. The van der Waals surface area contributed by atoms with Gasteiger partial charge in [0.2, 0.25) is 5.91 Å². The van der Waals surface area contributed by atoms with Crippen LogP contribution in [-0.4, -0.2) is 53.0 Å². The van der Waals surface area contributed by atoms with E-state index in [0.29, 0.717) is 43.7 Å². The fourth-order valence-corrected chi connectivity index (χ4v) is 5.69. The summed E-state index contributed by atoms with van der Waals surface area (Å²) >= 11 is 1.53. The Morgan fingerprint density at radius 3 is 2.38 bits per heavy atom. The molecule has 0 unspecified atom stereocenters. The average Bonchev–Trinajstić information content (AvgIpc) is 3.37. The number of ether oxygens (including phenoxy) is 2. The zero-order valence-corrected chi connectivity index (χ0v) is 21.5. The molecule has 1 N–H and O–H groups in total. The summed E-state index contributed by atoms with van der Waals surface area (Å²) in [6.07, 6.45) is 7.62. The molecule has 1 aliphatic carbocycles. The van der Waals surface area contributed by atoms with Crippen molar-refractivity contribution in [1.82, 2.24) is 5.32 Å². The average molecular weight is 507 g/mol. The number of rotatable bonds is 13. The van der Waals surface area contributed by atoms with Gasteiger partial charge in [-0.15, -0.1) is 11.8 Å². The zero-order chi connectivity index (χ0) is 24.4. The highest BCUT2D eigenvalue weighted by Gasteiger charge is 2.27. The molecule has 1 aliphatic rings. The van der Waals surface area contributed by atoms with Crippen molar-refractivity contribution in [3.63, 3.8) is 0 Å². The highest BCUT2D eigenvalue weighted by atomic mass is 32.2. The third kappa shape index (κ3) is 7.38. The number of nitrogens with zero attached hydrogens (tertiary/aromatic N) is 1. The highest BCUT2D eigenvalue weighted by molar-refractivity contribution is 7.98. The number of nitrogens with one attached hydrogen (secondary N) is 1. The molecule has 0 saturated heterocycles. The van der Waals surface area contributed by atoms with Crippen molar-refractivity contribution < 1.29 is 22.7 Å². The molecule has 0 atom stereocenters. The van der Waals surface area contributed by atoms with Gasteiger partial charge in [-0.2, -0.15) is 0 Å². The minimum Gasteiger partial charge on any atom is -0.494 e. The first-order chi connectivity index (χ1) is 16.4. The number of carbonyl (C=O) groups excluding carboxylic acids is 1. The van der Waals surface area contributed by atoms with E-state index in [1.165, 1.54) is 24.6 Å². The summed E-state index contributed by atoms with van der Waals surface area (Å²) in [6, 6.07) is 13.4. The SMILES string of the molecule is CCOc1ccc(N(CC(=O)NCCCOC2CCCC2)S(=O)(=O)c2ccc(SC)cc2)cc1.